The molecule has 0 saturated heterocycles. The number of carbonyl (C=O) groups is 2. The zero-order chi connectivity index (χ0) is 21.7. The van der Waals surface area contributed by atoms with Gasteiger partial charge in [0.1, 0.15) is 6.61 Å². The largest absolute Gasteiger partial charge is 0.472 e. The topological polar surface area (TPSA) is 102 Å². The van der Waals surface area contributed by atoms with E-state index in [9.17, 15) is 14.7 Å². The molecule has 1 aromatic carbocycles. The Balaban J connectivity index is 1.73. The predicted octanol–water partition coefficient (Wildman–Crippen LogP) is 3.51. The van der Waals surface area contributed by atoms with E-state index in [1.165, 1.54) is 30.0 Å². The van der Waals surface area contributed by atoms with Crippen molar-refractivity contribution in [2.75, 3.05) is 20.2 Å². The van der Waals surface area contributed by atoms with E-state index >= 15 is 0 Å². The fraction of sp³-hybridized carbons (Fsp3) is 0.455. The van der Waals surface area contributed by atoms with Crippen molar-refractivity contribution in [2.24, 2.45) is 5.92 Å². The number of aromatic nitrogens is 2. The Kier molecular flexibility index (Phi) is 6.87. The Hall–Kier alpha value is -3.16. The molecule has 8 heteroatoms. The lowest BCUT2D eigenvalue weighted by molar-refractivity contribution is 0.0593. The molecule has 30 heavy (non-hydrogen) atoms. The number of amides is 1. The first-order valence-corrected chi connectivity index (χ1v) is 10.00. The van der Waals surface area contributed by atoms with Gasteiger partial charge >= 0.3 is 12.1 Å². The van der Waals surface area contributed by atoms with Gasteiger partial charge in [0, 0.05) is 19.0 Å². The molecular weight excluding hydrogens is 386 g/mol. The first-order valence-electron chi connectivity index (χ1n) is 10.00. The Morgan fingerprint density at radius 2 is 2.07 bits per heavy atom. The second-order valence-corrected chi connectivity index (χ2v) is 7.86. The summed E-state index contributed by atoms with van der Waals surface area (Å²) in [6, 6.07) is 6.20. The molecule has 0 spiro atoms. The summed E-state index contributed by atoms with van der Waals surface area (Å²) in [7, 11) is 1.29. The van der Waals surface area contributed by atoms with Crippen molar-refractivity contribution in [3.05, 3.63) is 53.0 Å². The van der Waals surface area contributed by atoms with Gasteiger partial charge in [0.2, 0.25) is 5.88 Å². The highest BCUT2D eigenvalue weighted by atomic mass is 16.5. The molecule has 1 amide bonds. The summed E-state index contributed by atoms with van der Waals surface area (Å²) < 4.78 is 10.3. The summed E-state index contributed by atoms with van der Waals surface area (Å²) in [5, 5.41) is 9.49. The van der Waals surface area contributed by atoms with Crippen molar-refractivity contribution < 1.29 is 24.2 Å². The summed E-state index contributed by atoms with van der Waals surface area (Å²) in [4.78, 5) is 32.6. The van der Waals surface area contributed by atoms with Gasteiger partial charge in [-0.05, 0) is 35.4 Å². The number of hydrogen-bond donors (Lipinski definition) is 1. The number of esters is 1. The van der Waals surface area contributed by atoms with Crippen molar-refractivity contribution >= 4 is 12.1 Å². The second-order valence-electron chi connectivity index (χ2n) is 7.86. The number of nitrogens with zero attached hydrogens (tertiary/aromatic N) is 3. The van der Waals surface area contributed by atoms with Crippen molar-refractivity contribution in [1.82, 2.24) is 14.9 Å². The molecule has 1 aliphatic heterocycles. The van der Waals surface area contributed by atoms with Gasteiger partial charge in [-0.1, -0.05) is 32.0 Å². The minimum absolute atomic E-state index is 0.119. The third kappa shape index (κ3) is 5.25. The van der Waals surface area contributed by atoms with Crippen LogP contribution in [0, 0.1) is 5.92 Å². The van der Waals surface area contributed by atoms with Gasteiger partial charge in [0.05, 0.1) is 19.5 Å². The fourth-order valence-electron chi connectivity index (χ4n) is 3.78. The van der Waals surface area contributed by atoms with Crippen molar-refractivity contribution in [2.45, 2.75) is 39.2 Å². The molecule has 2 heterocycles. The standard InChI is InChI=1S/C22H27N3O5/c1-14(2)8-17-12-25(22(27)28)7-6-16-9-15(4-5-18(16)17)13-30-20-11-23-19(10-24-20)21(26)29-3/h4-5,9-11,14,17H,6-8,12-13H2,1-3H3,(H,27,28). The van der Waals surface area contributed by atoms with Gasteiger partial charge < -0.3 is 19.5 Å². The Morgan fingerprint density at radius 3 is 2.70 bits per heavy atom. The van der Waals surface area contributed by atoms with Crippen LogP contribution >= 0.6 is 0 Å². The van der Waals surface area contributed by atoms with E-state index < -0.39 is 12.1 Å². The minimum Gasteiger partial charge on any atom is -0.472 e. The normalized spacial score (nSPS) is 16.0. The molecular formula is C22H27N3O5. The molecule has 160 valence electrons. The molecule has 0 fully saturated rings. The van der Waals surface area contributed by atoms with Crippen LogP contribution in [0.1, 0.15) is 53.4 Å². The third-order valence-corrected chi connectivity index (χ3v) is 5.17. The highest BCUT2D eigenvalue weighted by molar-refractivity contribution is 5.86. The van der Waals surface area contributed by atoms with Gasteiger partial charge in [-0.25, -0.2) is 19.6 Å². The van der Waals surface area contributed by atoms with E-state index in [-0.39, 0.29) is 11.6 Å². The monoisotopic (exact) mass is 413 g/mol. The van der Waals surface area contributed by atoms with Crippen LogP contribution in [-0.2, 0) is 17.8 Å². The summed E-state index contributed by atoms with van der Waals surface area (Å²) in [5.41, 5.74) is 3.48. The summed E-state index contributed by atoms with van der Waals surface area (Å²) >= 11 is 0. The average Bonchev–Trinajstić information content (AvgIpc) is 2.91. The van der Waals surface area contributed by atoms with Crippen LogP contribution in [0.15, 0.2) is 30.6 Å². The highest BCUT2D eigenvalue weighted by Gasteiger charge is 2.26. The third-order valence-electron chi connectivity index (χ3n) is 5.17. The van der Waals surface area contributed by atoms with E-state index in [0.29, 0.717) is 37.9 Å². The maximum Gasteiger partial charge on any atom is 0.407 e. The van der Waals surface area contributed by atoms with Gasteiger partial charge in [-0.3, -0.25) is 0 Å². The molecule has 0 bridgehead atoms. The SMILES string of the molecule is COC(=O)c1cnc(OCc2ccc3c(c2)CCN(C(=O)O)CC3CC(C)C)cn1. The van der Waals surface area contributed by atoms with E-state index in [0.717, 1.165) is 17.5 Å². The highest BCUT2D eigenvalue weighted by Crippen LogP contribution is 2.31. The van der Waals surface area contributed by atoms with Crippen LogP contribution in [0.5, 0.6) is 5.88 Å². The summed E-state index contributed by atoms with van der Waals surface area (Å²) in [6.45, 7) is 5.63. The fourth-order valence-corrected chi connectivity index (χ4v) is 3.78. The zero-order valence-corrected chi connectivity index (χ0v) is 17.5. The minimum atomic E-state index is -0.867. The molecule has 8 nitrogen and oxygen atoms in total. The molecule has 1 atom stereocenters. The lowest BCUT2D eigenvalue weighted by Crippen LogP contribution is -2.33. The number of fused-ring (bicyclic) bond motifs is 1. The number of hydrogen-bond acceptors (Lipinski definition) is 6. The molecule has 1 aliphatic rings. The maximum atomic E-state index is 11.6. The van der Waals surface area contributed by atoms with E-state index in [1.807, 2.05) is 6.07 Å². The van der Waals surface area contributed by atoms with Crippen LogP contribution < -0.4 is 4.74 Å². The molecule has 3 rings (SSSR count). The van der Waals surface area contributed by atoms with Crippen molar-refractivity contribution in [1.29, 1.82) is 0 Å². The molecule has 1 unspecified atom stereocenters. The molecule has 0 radical (unpaired) electrons. The first kappa shape index (κ1) is 21.5. The Labute approximate surface area is 175 Å². The molecule has 0 saturated carbocycles. The van der Waals surface area contributed by atoms with E-state index in [4.69, 9.17) is 4.74 Å². The summed E-state index contributed by atoms with van der Waals surface area (Å²) in [5.74, 6) is 0.426. The second kappa shape index (κ2) is 9.56. The predicted molar refractivity (Wildman–Crippen MR) is 110 cm³/mol. The number of methoxy groups -OCH3 is 1. The smallest absolute Gasteiger partial charge is 0.407 e. The number of carboxylic acid groups (broad SMARTS) is 1. The molecule has 2 aromatic rings. The van der Waals surface area contributed by atoms with Gasteiger partial charge in [0.25, 0.3) is 0 Å². The van der Waals surface area contributed by atoms with Crippen LogP contribution in [0.2, 0.25) is 0 Å². The van der Waals surface area contributed by atoms with E-state index in [1.54, 1.807) is 0 Å². The molecule has 1 aromatic heterocycles. The Bertz CT molecular complexity index is 898. The number of rotatable bonds is 6. The quantitative estimate of drug-likeness (QED) is 0.723. The first-order chi connectivity index (χ1) is 14.4. The lowest BCUT2D eigenvalue weighted by Gasteiger charge is -2.24. The number of carbonyl (C=O) groups excluding carboxylic acids is 1. The lowest BCUT2D eigenvalue weighted by atomic mass is 9.86. The Morgan fingerprint density at radius 1 is 1.27 bits per heavy atom. The molecule has 1 N–H and O–H groups in total. The van der Waals surface area contributed by atoms with Crippen LogP contribution in [0.4, 0.5) is 4.79 Å². The van der Waals surface area contributed by atoms with E-state index in [2.05, 4.69) is 40.7 Å². The van der Waals surface area contributed by atoms with Gasteiger partial charge in [-0.15, -0.1) is 0 Å². The van der Waals surface area contributed by atoms with Crippen LogP contribution in [0.25, 0.3) is 0 Å². The van der Waals surface area contributed by atoms with Crippen molar-refractivity contribution in [3.8, 4) is 5.88 Å². The number of ether oxygens (including phenoxy) is 2. The molecule has 0 aliphatic carbocycles. The average molecular weight is 413 g/mol. The maximum absolute atomic E-state index is 11.6. The van der Waals surface area contributed by atoms with Crippen LogP contribution in [-0.4, -0.2) is 52.2 Å². The number of benzene rings is 1. The van der Waals surface area contributed by atoms with Crippen molar-refractivity contribution in [3.63, 3.8) is 0 Å². The van der Waals surface area contributed by atoms with Gasteiger partial charge in [-0.2, -0.15) is 0 Å². The summed E-state index contributed by atoms with van der Waals surface area (Å²) in [6.07, 6.45) is 3.45. The van der Waals surface area contributed by atoms with Gasteiger partial charge in [0.15, 0.2) is 5.69 Å². The van der Waals surface area contributed by atoms with Crippen LogP contribution in [0.3, 0.4) is 0 Å². The zero-order valence-electron chi connectivity index (χ0n) is 17.5.